The van der Waals surface area contributed by atoms with Gasteiger partial charge in [-0.1, -0.05) is 48.0 Å². The third kappa shape index (κ3) is 4.08. The van der Waals surface area contributed by atoms with Crippen molar-refractivity contribution in [2.45, 2.75) is 6.92 Å². The second kappa shape index (κ2) is 7.25. The lowest BCUT2D eigenvalue weighted by atomic mass is 10.1. The van der Waals surface area contributed by atoms with Gasteiger partial charge in [0.05, 0.1) is 13.2 Å². The van der Waals surface area contributed by atoms with E-state index < -0.39 is 0 Å². The molecule has 1 heterocycles. The molecule has 0 spiro atoms. The number of rotatable bonds is 4. The topological polar surface area (TPSA) is 29.5 Å². The van der Waals surface area contributed by atoms with Crippen molar-refractivity contribution in [2.75, 3.05) is 31.2 Å². The number of ether oxygens (including phenoxy) is 1. The predicted octanol–water partition coefficient (Wildman–Crippen LogP) is 3.73. The van der Waals surface area contributed by atoms with Gasteiger partial charge in [0.1, 0.15) is 0 Å². The molecule has 2 aromatic carbocycles. The molecule has 1 aliphatic heterocycles. The Morgan fingerprint density at radius 1 is 1.09 bits per heavy atom. The van der Waals surface area contributed by atoms with Crippen LogP contribution in [0.4, 0.5) is 5.69 Å². The van der Waals surface area contributed by atoms with Gasteiger partial charge >= 0.3 is 0 Å². The summed E-state index contributed by atoms with van der Waals surface area (Å²) in [7, 11) is 0. The molecule has 0 aromatic heterocycles. The fraction of sp³-hybridized carbons (Fsp3) is 0.250. The predicted molar refractivity (Wildman–Crippen MR) is 94.0 cm³/mol. The van der Waals surface area contributed by atoms with Gasteiger partial charge in [0.2, 0.25) is 0 Å². The molecule has 23 heavy (non-hydrogen) atoms. The van der Waals surface area contributed by atoms with Crippen molar-refractivity contribution in [1.29, 1.82) is 0 Å². The molecule has 1 aliphatic rings. The van der Waals surface area contributed by atoms with E-state index in [1.807, 2.05) is 55.5 Å². The van der Waals surface area contributed by atoms with Gasteiger partial charge in [-0.05, 0) is 30.7 Å². The van der Waals surface area contributed by atoms with Crippen molar-refractivity contribution >= 4 is 17.5 Å². The molecule has 3 heteroatoms. The Balaban J connectivity index is 1.74. The largest absolute Gasteiger partial charge is 0.378 e. The molecule has 0 atom stereocenters. The molecule has 0 aliphatic carbocycles. The van der Waals surface area contributed by atoms with E-state index >= 15 is 0 Å². The van der Waals surface area contributed by atoms with E-state index in [2.05, 4.69) is 11.0 Å². The van der Waals surface area contributed by atoms with E-state index in [-0.39, 0.29) is 5.78 Å². The Hall–Kier alpha value is -2.39. The third-order valence-electron chi connectivity index (χ3n) is 3.98. The maximum atomic E-state index is 12.4. The highest BCUT2D eigenvalue weighted by atomic mass is 16.5. The van der Waals surface area contributed by atoms with Crippen molar-refractivity contribution in [1.82, 2.24) is 0 Å². The minimum Gasteiger partial charge on any atom is -0.378 e. The normalized spacial score (nSPS) is 15.1. The lowest BCUT2D eigenvalue weighted by Crippen LogP contribution is -2.36. The summed E-state index contributed by atoms with van der Waals surface area (Å²) in [6.45, 7) is 5.27. The number of hydrogen-bond donors (Lipinski definition) is 0. The number of carbonyl (C=O) groups excluding carboxylic acids is 1. The van der Waals surface area contributed by atoms with E-state index in [0.717, 1.165) is 43.1 Å². The number of carbonyl (C=O) groups is 1. The van der Waals surface area contributed by atoms with Crippen LogP contribution in [-0.2, 0) is 4.74 Å². The highest BCUT2D eigenvalue weighted by Gasteiger charge is 2.12. The van der Waals surface area contributed by atoms with Crippen LogP contribution < -0.4 is 4.90 Å². The number of benzene rings is 2. The molecular weight excluding hydrogens is 286 g/mol. The number of morpholine rings is 1. The van der Waals surface area contributed by atoms with Crippen LogP contribution in [0.2, 0.25) is 0 Å². The van der Waals surface area contributed by atoms with Crippen LogP contribution in [0.15, 0.2) is 54.6 Å². The molecule has 0 unspecified atom stereocenters. The van der Waals surface area contributed by atoms with Crippen molar-refractivity contribution in [3.8, 4) is 0 Å². The monoisotopic (exact) mass is 307 g/mol. The minimum atomic E-state index is 0.0293. The van der Waals surface area contributed by atoms with E-state index in [4.69, 9.17) is 4.74 Å². The Morgan fingerprint density at radius 2 is 1.87 bits per heavy atom. The second-order valence-corrected chi connectivity index (χ2v) is 5.76. The number of ketones is 1. The second-order valence-electron chi connectivity index (χ2n) is 5.76. The molecule has 1 fully saturated rings. The highest BCUT2D eigenvalue weighted by Crippen LogP contribution is 2.18. The third-order valence-corrected chi connectivity index (χ3v) is 3.98. The van der Waals surface area contributed by atoms with E-state index in [1.165, 1.54) is 5.56 Å². The Labute approximate surface area is 137 Å². The molecule has 118 valence electrons. The summed E-state index contributed by atoms with van der Waals surface area (Å²) in [5, 5.41) is 0. The number of hydrogen-bond acceptors (Lipinski definition) is 3. The van der Waals surface area contributed by atoms with E-state index in [9.17, 15) is 4.79 Å². The van der Waals surface area contributed by atoms with Crippen LogP contribution in [-0.4, -0.2) is 32.1 Å². The first-order valence-electron chi connectivity index (χ1n) is 7.94. The molecule has 0 saturated carbocycles. The smallest absolute Gasteiger partial charge is 0.185 e. The summed E-state index contributed by atoms with van der Waals surface area (Å²) in [6.07, 6.45) is 3.52. The number of anilines is 1. The molecule has 3 rings (SSSR count). The summed E-state index contributed by atoms with van der Waals surface area (Å²) >= 11 is 0. The zero-order valence-corrected chi connectivity index (χ0v) is 13.4. The van der Waals surface area contributed by atoms with Crippen LogP contribution in [0.1, 0.15) is 21.5 Å². The Morgan fingerprint density at radius 3 is 2.65 bits per heavy atom. The first kappa shape index (κ1) is 15.5. The quantitative estimate of drug-likeness (QED) is 0.637. The SMILES string of the molecule is Cc1cccc(C=CC(=O)c2cccc(N3CCOCC3)c2)c1. The van der Waals surface area contributed by atoms with Gasteiger partial charge in [-0.25, -0.2) is 0 Å². The van der Waals surface area contributed by atoms with Crippen molar-refractivity contribution < 1.29 is 9.53 Å². The maximum Gasteiger partial charge on any atom is 0.185 e. The van der Waals surface area contributed by atoms with Crippen LogP contribution in [0, 0.1) is 6.92 Å². The zero-order valence-electron chi connectivity index (χ0n) is 13.4. The summed E-state index contributed by atoms with van der Waals surface area (Å²) in [5.74, 6) is 0.0293. The van der Waals surface area contributed by atoms with E-state index in [0.29, 0.717) is 0 Å². The molecular formula is C20H21NO2. The first-order valence-corrected chi connectivity index (χ1v) is 7.94. The fourth-order valence-electron chi connectivity index (χ4n) is 2.72. The van der Waals surface area contributed by atoms with Crippen molar-refractivity contribution in [3.05, 3.63) is 71.3 Å². The van der Waals surface area contributed by atoms with Gasteiger partial charge in [-0.15, -0.1) is 0 Å². The average molecular weight is 307 g/mol. The van der Waals surface area contributed by atoms with Crippen LogP contribution in [0.25, 0.3) is 6.08 Å². The molecule has 0 amide bonds. The lowest BCUT2D eigenvalue weighted by molar-refractivity contribution is 0.104. The minimum absolute atomic E-state index is 0.0293. The van der Waals surface area contributed by atoms with Crippen LogP contribution in [0.5, 0.6) is 0 Å². The summed E-state index contributed by atoms with van der Waals surface area (Å²) in [6, 6.07) is 15.9. The van der Waals surface area contributed by atoms with E-state index in [1.54, 1.807) is 6.08 Å². The molecule has 0 bridgehead atoms. The van der Waals surface area contributed by atoms with Gasteiger partial charge in [-0.3, -0.25) is 4.79 Å². The van der Waals surface area contributed by atoms with Gasteiger partial charge in [0.15, 0.2) is 5.78 Å². The summed E-state index contributed by atoms with van der Waals surface area (Å²) in [5.41, 5.74) is 4.04. The van der Waals surface area contributed by atoms with Crippen LogP contribution >= 0.6 is 0 Å². The molecule has 0 radical (unpaired) electrons. The van der Waals surface area contributed by atoms with Crippen LogP contribution in [0.3, 0.4) is 0 Å². The van der Waals surface area contributed by atoms with Gasteiger partial charge in [0, 0.05) is 24.3 Å². The maximum absolute atomic E-state index is 12.4. The summed E-state index contributed by atoms with van der Waals surface area (Å²) < 4.78 is 5.38. The molecule has 2 aromatic rings. The first-order chi connectivity index (χ1) is 11.2. The van der Waals surface area contributed by atoms with Crippen molar-refractivity contribution in [3.63, 3.8) is 0 Å². The van der Waals surface area contributed by atoms with Gasteiger partial charge < -0.3 is 9.64 Å². The lowest BCUT2D eigenvalue weighted by Gasteiger charge is -2.29. The Kier molecular flexibility index (Phi) is 4.89. The number of nitrogens with zero attached hydrogens (tertiary/aromatic N) is 1. The zero-order chi connectivity index (χ0) is 16.1. The molecule has 3 nitrogen and oxygen atoms in total. The van der Waals surface area contributed by atoms with Crippen molar-refractivity contribution in [2.24, 2.45) is 0 Å². The molecule has 0 N–H and O–H groups in total. The number of aryl methyl sites for hydroxylation is 1. The highest BCUT2D eigenvalue weighted by molar-refractivity contribution is 6.07. The molecule has 1 saturated heterocycles. The Bertz CT molecular complexity index is 715. The van der Waals surface area contributed by atoms with Gasteiger partial charge in [-0.2, -0.15) is 0 Å². The standard InChI is InChI=1S/C20H21NO2/c1-16-4-2-5-17(14-16)8-9-20(22)18-6-3-7-19(15-18)21-10-12-23-13-11-21/h2-9,14-15H,10-13H2,1H3. The average Bonchev–Trinajstić information content (AvgIpc) is 2.61. The van der Waals surface area contributed by atoms with Gasteiger partial charge in [0.25, 0.3) is 0 Å². The summed E-state index contributed by atoms with van der Waals surface area (Å²) in [4.78, 5) is 14.7. The number of allylic oxidation sites excluding steroid dienone is 1. The fourth-order valence-corrected chi connectivity index (χ4v) is 2.72.